The molecular weight excluding hydrogens is 865 g/mol. The topological polar surface area (TPSA) is 9.23 Å². The van der Waals surface area contributed by atoms with Crippen LogP contribution in [-0.2, 0) is 14.9 Å². The second kappa shape index (κ2) is 14.7. The highest BCUT2D eigenvalue weighted by atomic mass is 28.4. The molecule has 0 saturated carbocycles. The lowest BCUT2D eigenvalue weighted by Crippen LogP contribution is -2.57. The molecule has 0 saturated heterocycles. The molecule has 0 N–H and O–H groups in total. The van der Waals surface area contributed by atoms with Crippen LogP contribution >= 0.6 is 0 Å². The molecule has 5 aliphatic rings. The second-order valence-corrected chi connectivity index (χ2v) is 28.9. The monoisotopic (exact) mass is 916 g/mol. The van der Waals surface area contributed by atoms with Crippen molar-refractivity contribution in [2.24, 2.45) is 0 Å². The van der Waals surface area contributed by atoms with Gasteiger partial charge in [-0.3, -0.25) is 0 Å². The van der Waals surface area contributed by atoms with Gasteiger partial charge in [0.25, 0.3) is 0 Å². The second-order valence-electron chi connectivity index (χ2n) is 20.9. The van der Waals surface area contributed by atoms with Crippen LogP contribution in [0.3, 0.4) is 0 Å². The highest BCUT2D eigenvalue weighted by molar-refractivity contribution is 6.96. The maximum atomic E-state index is 7.43. The molecule has 330 valence electrons. The van der Waals surface area contributed by atoms with Crippen LogP contribution in [-0.4, -0.2) is 16.6 Å². The molecule has 9 aromatic carbocycles. The minimum Gasteiger partial charge on any atom is -0.449 e. The molecule has 0 aliphatic heterocycles. The molecule has 9 aromatic rings. The normalized spacial score (nSPS) is 17.3. The van der Waals surface area contributed by atoms with Gasteiger partial charge in [-0.1, -0.05) is 206 Å². The van der Waals surface area contributed by atoms with E-state index in [4.69, 9.17) is 4.12 Å². The quantitative estimate of drug-likeness (QED) is 0.151. The zero-order valence-electron chi connectivity index (χ0n) is 39.6. The van der Waals surface area contributed by atoms with Gasteiger partial charge in [0.2, 0.25) is 16.6 Å². The van der Waals surface area contributed by atoms with E-state index >= 15 is 0 Å². The van der Waals surface area contributed by atoms with E-state index in [-0.39, 0.29) is 10.8 Å². The van der Waals surface area contributed by atoms with E-state index in [0.29, 0.717) is 0 Å². The first-order chi connectivity index (χ1) is 33.7. The molecule has 0 bridgehead atoms. The maximum absolute atomic E-state index is 7.43. The van der Waals surface area contributed by atoms with Crippen LogP contribution in [0.15, 0.2) is 224 Å². The van der Waals surface area contributed by atoms with Crippen molar-refractivity contribution in [3.05, 3.63) is 268 Å². The summed E-state index contributed by atoms with van der Waals surface area (Å²) in [6.07, 6.45) is 6.91. The third-order valence-electron chi connectivity index (χ3n) is 16.6. The lowest BCUT2D eigenvalue weighted by atomic mass is 9.68. The van der Waals surface area contributed by atoms with Crippen molar-refractivity contribution in [2.75, 3.05) is 0 Å². The minimum absolute atomic E-state index is 0.262. The predicted octanol–water partition coefficient (Wildman–Crippen LogP) is 15.3. The zero-order valence-corrected chi connectivity index (χ0v) is 41.6. The Balaban J connectivity index is 0.760. The first kappa shape index (κ1) is 40.9. The Morgan fingerprint density at radius 1 is 0.348 bits per heavy atom. The van der Waals surface area contributed by atoms with Crippen molar-refractivity contribution in [2.45, 2.75) is 49.9 Å². The van der Waals surface area contributed by atoms with Crippen molar-refractivity contribution < 1.29 is 4.12 Å². The Morgan fingerprint density at radius 2 is 0.696 bits per heavy atom. The average Bonchev–Trinajstić information content (AvgIpc) is 4.07. The molecule has 1 atom stereocenters. The molecular formula is C66H52OSi2. The van der Waals surface area contributed by atoms with Crippen LogP contribution in [0.4, 0.5) is 0 Å². The third-order valence-corrected chi connectivity index (χ3v) is 24.2. The fourth-order valence-electron chi connectivity index (χ4n) is 13.7. The van der Waals surface area contributed by atoms with Crippen molar-refractivity contribution in [1.29, 1.82) is 0 Å². The SMILES string of the molecule is C[Si](C)(O[Si](C)(C)c1ccc(-c2ccc3c(c2)C2(c4ccccc4-c4ccccc42)c2ccccc2-3)cc1)c1ccc(-c2ccc3c(c2)C2(C4=C(C=CCC4)c4ccccc42)c2ccccc2-3)cc1. The predicted molar refractivity (Wildman–Crippen MR) is 292 cm³/mol. The van der Waals surface area contributed by atoms with Crippen molar-refractivity contribution in [3.63, 3.8) is 0 Å². The Bertz CT molecular complexity index is 3640. The third kappa shape index (κ3) is 5.55. The van der Waals surface area contributed by atoms with Gasteiger partial charge < -0.3 is 4.12 Å². The van der Waals surface area contributed by atoms with Crippen LogP contribution in [0.1, 0.15) is 57.3 Å². The van der Waals surface area contributed by atoms with Gasteiger partial charge in [-0.2, -0.15) is 0 Å². The lowest BCUT2D eigenvalue weighted by Gasteiger charge is -2.35. The standard InChI is InChI=1S/C66H52OSi2/c1-68(2,47-35-29-43(30-36-47)45-33-39-55-53-21-9-15-27-61(53)65(63(55)41-45)57-23-11-5-17-49(57)50-18-6-12-24-58(50)65)67-69(3,4)48-37-31-44(32-38-48)46-34-40-56-54-22-10-16-28-62(54)66(64(56)42-46)59-25-13-7-19-51(59)52-20-8-14-26-60(52)66/h5-13,15-25,27-42H,14,26H2,1-4H3. The van der Waals surface area contributed by atoms with E-state index in [1.54, 1.807) is 5.57 Å². The fraction of sp³-hybridized carbons (Fsp3) is 0.121. The van der Waals surface area contributed by atoms with Crippen LogP contribution < -0.4 is 10.4 Å². The van der Waals surface area contributed by atoms with Gasteiger partial charge in [-0.25, -0.2) is 0 Å². The smallest absolute Gasteiger partial charge is 0.206 e. The fourth-order valence-corrected chi connectivity index (χ4v) is 21.7. The number of allylic oxidation sites excluding steroid dienone is 4. The Morgan fingerprint density at radius 3 is 1.14 bits per heavy atom. The lowest BCUT2D eigenvalue weighted by molar-refractivity contribution is 0.573. The first-order valence-corrected chi connectivity index (χ1v) is 30.6. The molecule has 1 unspecified atom stereocenters. The molecule has 0 aromatic heterocycles. The first-order valence-electron chi connectivity index (χ1n) is 24.8. The highest BCUT2D eigenvalue weighted by Crippen LogP contribution is 2.65. The zero-order chi connectivity index (χ0) is 46.3. The van der Waals surface area contributed by atoms with E-state index in [0.717, 1.165) is 12.8 Å². The summed E-state index contributed by atoms with van der Waals surface area (Å²) < 4.78 is 7.43. The molecule has 0 heterocycles. The van der Waals surface area contributed by atoms with Gasteiger partial charge in [0.05, 0.1) is 10.8 Å². The molecule has 0 radical (unpaired) electrons. The van der Waals surface area contributed by atoms with Crippen LogP contribution in [0, 0.1) is 0 Å². The van der Waals surface area contributed by atoms with Gasteiger partial charge in [0.1, 0.15) is 0 Å². The number of rotatable bonds is 6. The van der Waals surface area contributed by atoms with Crippen molar-refractivity contribution in [1.82, 2.24) is 0 Å². The summed E-state index contributed by atoms with van der Waals surface area (Å²) >= 11 is 0. The van der Waals surface area contributed by atoms with Crippen molar-refractivity contribution in [3.8, 4) is 55.6 Å². The van der Waals surface area contributed by atoms with Gasteiger partial charge in [-0.15, -0.1) is 0 Å². The highest BCUT2D eigenvalue weighted by Gasteiger charge is 2.53. The summed E-state index contributed by atoms with van der Waals surface area (Å²) in [6, 6.07) is 78.6. The molecule has 69 heavy (non-hydrogen) atoms. The summed E-state index contributed by atoms with van der Waals surface area (Å²) in [4.78, 5) is 0. The van der Waals surface area contributed by atoms with E-state index < -0.39 is 16.6 Å². The Kier molecular flexibility index (Phi) is 8.70. The molecule has 5 aliphatic carbocycles. The largest absolute Gasteiger partial charge is 0.449 e. The maximum Gasteiger partial charge on any atom is 0.206 e. The molecule has 2 spiro atoms. The number of benzene rings is 9. The average molecular weight is 917 g/mol. The van der Waals surface area contributed by atoms with Crippen LogP contribution in [0.2, 0.25) is 26.2 Å². The molecule has 0 fully saturated rings. The molecule has 1 nitrogen and oxygen atoms in total. The van der Waals surface area contributed by atoms with Gasteiger partial charge in [0, 0.05) is 0 Å². The number of hydrogen-bond acceptors (Lipinski definition) is 1. The van der Waals surface area contributed by atoms with Crippen LogP contribution in [0.5, 0.6) is 0 Å². The van der Waals surface area contributed by atoms with Gasteiger partial charge >= 0.3 is 0 Å². The molecule has 0 amide bonds. The summed E-state index contributed by atoms with van der Waals surface area (Å²) in [5, 5.41) is 2.64. The van der Waals surface area contributed by atoms with Gasteiger partial charge in [-0.05, 0) is 173 Å². The van der Waals surface area contributed by atoms with Gasteiger partial charge in [0.15, 0.2) is 0 Å². The van der Waals surface area contributed by atoms with E-state index in [1.807, 2.05) is 0 Å². The summed E-state index contributed by atoms with van der Waals surface area (Å²) in [5.74, 6) is 0. The minimum atomic E-state index is -2.32. The number of fused-ring (bicyclic) bond motifs is 19. The molecule has 3 heteroatoms. The van der Waals surface area contributed by atoms with Crippen LogP contribution in [0.25, 0.3) is 61.2 Å². The van der Waals surface area contributed by atoms with E-state index in [2.05, 4.69) is 245 Å². The number of hydrogen-bond donors (Lipinski definition) is 0. The van der Waals surface area contributed by atoms with E-state index in [1.165, 1.54) is 116 Å². The summed E-state index contributed by atoms with van der Waals surface area (Å²) in [6.45, 7) is 9.50. The molecule has 14 rings (SSSR count). The van der Waals surface area contributed by atoms with Crippen molar-refractivity contribution >= 4 is 32.6 Å². The Hall–Kier alpha value is -7.15. The Labute approximate surface area is 408 Å². The summed E-state index contributed by atoms with van der Waals surface area (Å²) in [7, 11) is -4.63. The summed E-state index contributed by atoms with van der Waals surface area (Å²) in [5.41, 5.74) is 26.6. The van der Waals surface area contributed by atoms with E-state index in [9.17, 15) is 0 Å².